The quantitative estimate of drug-likeness (QED) is 0.530. The predicted molar refractivity (Wildman–Crippen MR) is 156 cm³/mol. The lowest BCUT2D eigenvalue weighted by Crippen LogP contribution is -2.48. The molecule has 4 aliphatic heterocycles. The van der Waals surface area contributed by atoms with Crippen molar-refractivity contribution in [3.05, 3.63) is 42.2 Å². The van der Waals surface area contributed by atoms with Gasteiger partial charge < -0.3 is 9.80 Å². The Labute approximate surface area is 250 Å². The largest absolute Gasteiger partial charge is 0.339 e. The fourth-order valence-corrected chi connectivity index (χ4v) is 8.02. The molecule has 1 aromatic carbocycles. The minimum atomic E-state index is -2.42. The van der Waals surface area contributed by atoms with Crippen molar-refractivity contribution in [1.82, 2.24) is 40.3 Å². The zero-order chi connectivity index (χ0) is 29.7. The lowest BCUT2D eigenvalue weighted by molar-refractivity contribution is -0.139. The number of alkyl halides is 2. The molecule has 4 unspecified atom stereocenters. The molecule has 12 heteroatoms. The summed E-state index contributed by atoms with van der Waals surface area (Å²) in [5.41, 5.74) is 8.74. The Morgan fingerprint density at radius 2 is 1.88 bits per heavy atom. The van der Waals surface area contributed by atoms with Crippen molar-refractivity contribution >= 4 is 17.4 Å². The molecule has 0 bridgehead atoms. The van der Waals surface area contributed by atoms with Crippen LogP contribution in [0.5, 0.6) is 0 Å². The van der Waals surface area contributed by atoms with Crippen molar-refractivity contribution in [3.63, 3.8) is 0 Å². The van der Waals surface area contributed by atoms with Gasteiger partial charge >= 0.3 is 0 Å². The Kier molecular flexibility index (Phi) is 7.55. The van der Waals surface area contributed by atoms with E-state index in [9.17, 15) is 18.4 Å². The van der Waals surface area contributed by atoms with Crippen molar-refractivity contribution in [1.29, 1.82) is 0 Å². The number of rotatable bonds is 6. The van der Waals surface area contributed by atoms with Gasteiger partial charge in [0.25, 0.3) is 6.43 Å². The van der Waals surface area contributed by atoms with E-state index in [0.29, 0.717) is 45.0 Å². The summed E-state index contributed by atoms with van der Waals surface area (Å²) >= 11 is 0. The Balaban J connectivity index is 0.917. The molecule has 1 aromatic heterocycles. The van der Waals surface area contributed by atoms with Crippen molar-refractivity contribution in [2.75, 3.05) is 39.3 Å². The summed E-state index contributed by atoms with van der Waals surface area (Å²) in [6, 6.07) is 7.45. The molecule has 43 heavy (non-hydrogen) atoms. The second kappa shape index (κ2) is 11.4. The Morgan fingerprint density at radius 1 is 1.09 bits per heavy atom. The van der Waals surface area contributed by atoms with Gasteiger partial charge in [-0.05, 0) is 62.1 Å². The van der Waals surface area contributed by atoms with Gasteiger partial charge in [-0.2, -0.15) is 5.10 Å². The second-order valence-electron chi connectivity index (χ2n) is 13.0. The van der Waals surface area contributed by atoms with E-state index in [2.05, 4.69) is 44.0 Å². The van der Waals surface area contributed by atoms with Crippen LogP contribution in [0.15, 0.2) is 36.7 Å². The first-order valence-electron chi connectivity index (χ1n) is 15.6. The van der Waals surface area contributed by atoms with E-state index in [0.717, 1.165) is 49.8 Å². The number of amides is 2. The average molecular weight is 595 g/mol. The number of aryl methyl sites for hydroxylation is 1. The minimum Gasteiger partial charge on any atom is -0.339 e. The molecule has 7 rings (SSSR count). The van der Waals surface area contributed by atoms with Crippen LogP contribution in [0.3, 0.4) is 0 Å². The van der Waals surface area contributed by atoms with Crippen molar-refractivity contribution in [3.8, 4) is 11.4 Å². The molecule has 2 aromatic rings. The number of nitrogens with zero attached hydrogens (tertiary/aromatic N) is 6. The second-order valence-corrected chi connectivity index (χ2v) is 13.0. The highest BCUT2D eigenvalue weighted by molar-refractivity contribution is 5.86. The molecule has 230 valence electrons. The summed E-state index contributed by atoms with van der Waals surface area (Å²) in [4.78, 5) is 37.4. The molecular weight excluding hydrogens is 554 g/mol. The maximum Gasteiger partial charge on any atom is 0.255 e. The number of nitrogens with one attached hydrogen (secondary N) is 2. The fraction of sp³-hybridized carbons (Fsp3) is 0.613. The topological polar surface area (TPSA) is 98.6 Å². The molecule has 2 N–H and O–H groups in total. The number of hydrogen-bond donors (Lipinski definition) is 2. The third kappa shape index (κ3) is 5.38. The van der Waals surface area contributed by atoms with Crippen LogP contribution in [0.25, 0.3) is 17.0 Å². The van der Waals surface area contributed by atoms with E-state index >= 15 is 0 Å². The van der Waals surface area contributed by atoms with Gasteiger partial charge in [-0.25, -0.2) is 19.2 Å². The van der Waals surface area contributed by atoms with Crippen molar-refractivity contribution in [2.45, 2.75) is 63.1 Å². The number of halogens is 2. The van der Waals surface area contributed by atoms with Crippen LogP contribution < -0.4 is 10.9 Å². The Bertz CT molecular complexity index is 1400. The maximum atomic E-state index is 13.8. The molecule has 1 aliphatic carbocycles. The number of benzene rings is 1. The molecule has 5 heterocycles. The first-order valence-corrected chi connectivity index (χ1v) is 15.6. The number of carbonyl (C=O) groups excluding carboxylic acids is 2. The van der Waals surface area contributed by atoms with Crippen LogP contribution >= 0.6 is 0 Å². The van der Waals surface area contributed by atoms with Gasteiger partial charge in [0.2, 0.25) is 11.8 Å². The van der Waals surface area contributed by atoms with Gasteiger partial charge in [0.05, 0.1) is 18.0 Å². The molecule has 2 amide bonds. The summed E-state index contributed by atoms with van der Waals surface area (Å²) in [7, 11) is 1.85. The van der Waals surface area contributed by atoms with E-state index in [-0.39, 0.29) is 29.8 Å². The van der Waals surface area contributed by atoms with Crippen molar-refractivity contribution in [2.24, 2.45) is 18.4 Å². The summed E-state index contributed by atoms with van der Waals surface area (Å²) in [5, 5.41) is 4.36. The van der Waals surface area contributed by atoms with Gasteiger partial charge in [-0.1, -0.05) is 30.3 Å². The number of hydrogen-bond acceptors (Lipinski definition) is 7. The summed E-state index contributed by atoms with van der Waals surface area (Å²) < 4.78 is 28.8. The van der Waals surface area contributed by atoms with Crippen LogP contribution in [-0.2, 0) is 16.6 Å². The number of hydrazine groups is 1. The van der Waals surface area contributed by atoms with Crippen LogP contribution in [0.2, 0.25) is 0 Å². The lowest BCUT2D eigenvalue weighted by Gasteiger charge is -2.38. The van der Waals surface area contributed by atoms with Gasteiger partial charge in [0, 0.05) is 50.9 Å². The lowest BCUT2D eigenvalue weighted by atomic mass is 9.78. The highest BCUT2D eigenvalue weighted by Crippen LogP contribution is 2.44. The highest BCUT2D eigenvalue weighted by atomic mass is 19.3. The molecule has 5 aliphatic rings. The molecule has 10 nitrogen and oxygen atoms in total. The molecule has 1 spiro atoms. The summed E-state index contributed by atoms with van der Waals surface area (Å²) in [6.45, 7) is 3.59. The van der Waals surface area contributed by atoms with Crippen LogP contribution in [0.4, 0.5) is 8.78 Å². The molecular formula is C31H40F2N8O2. The normalized spacial score (nSPS) is 31.3. The Hall–Kier alpha value is -3.22. The van der Waals surface area contributed by atoms with E-state index < -0.39 is 17.9 Å². The zero-order valence-electron chi connectivity index (χ0n) is 24.6. The fourth-order valence-electron chi connectivity index (χ4n) is 8.02. The van der Waals surface area contributed by atoms with Gasteiger partial charge in [-0.3, -0.25) is 24.6 Å². The van der Waals surface area contributed by atoms with E-state index in [1.54, 1.807) is 11.0 Å². The monoisotopic (exact) mass is 594 g/mol. The zero-order valence-corrected chi connectivity index (χ0v) is 24.6. The van der Waals surface area contributed by atoms with Gasteiger partial charge in [-0.15, -0.1) is 0 Å². The highest BCUT2D eigenvalue weighted by Gasteiger charge is 2.54. The van der Waals surface area contributed by atoms with Gasteiger partial charge in [0.1, 0.15) is 6.33 Å². The molecule has 1 saturated carbocycles. The number of likely N-dealkylation sites (tertiary alicyclic amines) is 2. The van der Waals surface area contributed by atoms with Gasteiger partial charge in [0.15, 0.2) is 5.82 Å². The van der Waals surface area contributed by atoms with E-state index in [1.165, 1.54) is 5.57 Å². The first kappa shape index (κ1) is 28.5. The molecule has 4 fully saturated rings. The standard InChI is InChI=1S/C31H40F2N8O2/c1-38-19-34-29(37-38)22-4-2-20(3-5-22)21-8-12-40(13-9-21)26(42)17-39-14-10-31(18-39)11-15-41(30(31)43)23-6-7-25-24(16-23)27(28(32)33)36-35-25/h2-5,8,19,23-25,27-28,35-36H,6-7,9-18H2,1H3/t23?,24?,25?,27?,31-/m0/s1. The smallest absolute Gasteiger partial charge is 0.255 e. The minimum absolute atomic E-state index is 0.0176. The third-order valence-corrected chi connectivity index (χ3v) is 10.5. The van der Waals surface area contributed by atoms with Crippen LogP contribution in [-0.4, -0.2) is 105 Å². The summed E-state index contributed by atoms with van der Waals surface area (Å²) in [6.07, 6.45) is 5.98. The van der Waals surface area contributed by atoms with Crippen LogP contribution in [0.1, 0.15) is 44.1 Å². The first-order chi connectivity index (χ1) is 20.8. The van der Waals surface area contributed by atoms with E-state index in [1.807, 2.05) is 29.0 Å². The Morgan fingerprint density at radius 3 is 2.60 bits per heavy atom. The summed E-state index contributed by atoms with van der Waals surface area (Å²) in [5.74, 6) is 0.800. The SMILES string of the molecule is Cn1cnc(-c2ccc(C3=CCN(C(=O)CN4CC[C@]5(CCN(C6CCC7NNC(C(F)F)C7C6)C5=O)C4)CC3)cc2)n1. The molecule has 3 saturated heterocycles. The predicted octanol–water partition coefficient (Wildman–Crippen LogP) is 2.30. The number of carbonyl (C=O) groups is 2. The number of fused-ring (bicyclic) bond motifs is 1. The maximum absolute atomic E-state index is 13.8. The van der Waals surface area contributed by atoms with Crippen LogP contribution in [0, 0.1) is 11.3 Å². The molecule has 5 atom stereocenters. The van der Waals surface area contributed by atoms with Crippen molar-refractivity contribution < 1.29 is 18.4 Å². The third-order valence-electron chi connectivity index (χ3n) is 10.5. The van der Waals surface area contributed by atoms with E-state index in [4.69, 9.17) is 0 Å². The number of aromatic nitrogens is 3. The average Bonchev–Trinajstić information content (AvgIpc) is 3.81. The molecule has 0 radical (unpaired) electrons.